The zero-order valence-corrected chi connectivity index (χ0v) is 15.3. The summed E-state index contributed by atoms with van der Waals surface area (Å²) in [6.45, 7) is 4.67. The molecule has 1 heterocycles. The van der Waals surface area contributed by atoms with Gasteiger partial charge in [0.05, 0.1) is 11.1 Å². The number of halogens is 1. The number of rotatable bonds is 6. The predicted molar refractivity (Wildman–Crippen MR) is 98.8 cm³/mol. The molecule has 0 saturated carbocycles. The van der Waals surface area contributed by atoms with Gasteiger partial charge in [0.1, 0.15) is 5.82 Å². The molecule has 1 N–H and O–H groups in total. The molecular formula is C21H21FN2O3. The molecule has 3 amide bonds. The molecule has 0 atom stereocenters. The van der Waals surface area contributed by atoms with Crippen LogP contribution in [-0.2, 0) is 6.54 Å². The standard InChI is InChI=1S/C21H21FN2O3/c1-13(2)9-10-24-20(26)17-8-5-15(11-18(17)21(24)27)19(25)23-12-14-3-6-16(22)7-4-14/h3-8,11,13H,9-10,12H2,1-2H3,(H,23,25). The van der Waals surface area contributed by atoms with Crippen molar-refractivity contribution in [1.29, 1.82) is 0 Å². The third-order valence-corrected chi connectivity index (χ3v) is 4.53. The van der Waals surface area contributed by atoms with E-state index in [1.807, 2.05) is 13.8 Å². The summed E-state index contributed by atoms with van der Waals surface area (Å²) >= 11 is 0. The van der Waals surface area contributed by atoms with Gasteiger partial charge in [-0.1, -0.05) is 26.0 Å². The van der Waals surface area contributed by atoms with E-state index in [2.05, 4.69) is 5.32 Å². The summed E-state index contributed by atoms with van der Waals surface area (Å²) in [4.78, 5) is 38.6. The monoisotopic (exact) mass is 368 g/mol. The van der Waals surface area contributed by atoms with Crippen LogP contribution >= 0.6 is 0 Å². The normalized spacial score (nSPS) is 13.3. The molecule has 2 aromatic carbocycles. The van der Waals surface area contributed by atoms with Crippen LogP contribution in [-0.4, -0.2) is 29.2 Å². The Kier molecular flexibility index (Phi) is 5.35. The van der Waals surface area contributed by atoms with E-state index in [0.717, 1.165) is 12.0 Å². The van der Waals surface area contributed by atoms with Gasteiger partial charge in [-0.15, -0.1) is 0 Å². The number of benzene rings is 2. The molecular weight excluding hydrogens is 347 g/mol. The van der Waals surface area contributed by atoms with Gasteiger partial charge >= 0.3 is 0 Å². The SMILES string of the molecule is CC(C)CCN1C(=O)c2ccc(C(=O)NCc3ccc(F)cc3)cc2C1=O. The number of hydrogen-bond donors (Lipinski definition) is 1. The van der Waals surface area contributed by atoms with Crippen LogP contribution in [0.4, 0.5) is 4.39 Å². The first-order chi connectivity index (χ1) is 12.9. The Morgan fingerprint density at radius 1 is 1.04 bits per heavy atom. The summed E-state index contributed by atoms with van der Waals surface area (Å²) in [6.07, 6.45) is 0.733. The zero-order chi connectivity index (χ0) is 19.6. The number of imide groups is 1. The number of carbonyl (C=O) groups is 3. The van der Waals surface area contributed by atoms with Crippen molar-refractivity contribution >= 4 is 17.7 Å². The maximum absolute atomic E-state index is 12.9. The van der Waals surface area contributed by atoms with Gasteiger partial charge < -0.3 is 5.32 Å². The van der Waals surface area contributed by atoms with Crippen LogP contribution in [0.3, 0.4) is 0 Å². The van der Waals surface area contributed by atoms with Crippen LogP contribution in [0.2, 0.25) is 0 Å². The van der Waals surface area contributed by atoms with Gasteiger partial charge in [0.15, 0.2) is 0 Å². The molecule has 2 aromatic rings. The highest BCUT2D eigenvalue weighted by atomic mass is 19.1. The molecule has 0 aliphatic carbocycles. The Labute approximate surface area is 157 Å². The van der Waals surface area contributed by atoms with E-state index in [-0.39, 0.29) is 35.6 Å². The van der Waals surface area contributed by atoms with Gasteiger partial charge in [-0.3, -0.25) is 19.3 Å². The van der Waals surface area contributed by atoms with Crippen LogP contribution < -0.4 is 5.32 Å². The Hall–Kier alpha value is -3.02. The minimum absolute atomic E-state index is 0.240. The van der Waals surface area contributed by atoms with Crippen molar-refractivity contribution < 1.29 is 18.8 Å². The van der Waals surface area contributed by atoms with Crippen molar-refractivity contribution in [3.63, 3.8) is 0 Å². The lowest BCUT2D eigenvalue weighted by Crippen LogP contribution is -2.31. The maximum Gasteiger partial charge on any atom is 0.261 e. The summed E-state index contributed by atoms with van der Waals surface area (Å²) < 4.78 is 12.9. The largest absolute Gasteiger partial charge is 0.348 e. The van der Waals surface area contributed by atoms with E-state index in [0.29, 0.717) is 23.6 Å². The Morgan fingerprint density at radius 3 is 2.37 bits per heavy atom. The van der Waals surface area contributed by atoms with Gasteiger partial charge in [0, 0.05) is 18.7 Å². The van der Waals surface area contributed by atoms with E-state index < -0.39 is 0 Å². The molecule has 3 rings (SSSR count). The molecule has 27 heavy (non-hydrogen) atoms. The van der Waals surface area contributed by atoms with E-state index in [9.17, 15) is 18.8 Å². The van der Waals surface area contributed by atoms with Crippen molar-refractivity contribution in [2.24, 2.45) is 5.92 Å². The molecule has 0 spiro atoms. The second-order valence-electron chi connectivity index (χ2n) is 7.01. The number of amides is 3. The van der Waals surface area contributed by atoms with Crippen molar-refractivity contribution in [3.8, 4) is 0 Å². The van der Waals surface area contributed by atoms with Gasteiger partial charge in [0.2, 0.25) is 0 Å². The Morgan fingerprint density at radius 2 is 1.70 bits per heavy atom. The lowest BCUT2D eigenvalue weighted by atomic mass is 10.1. The van der Waals surface area contributed by atoms with Gasteiger partial charge in [0.25, 0.3) is 17.7 Å². The maximum atomic E-state index is 12.9. The third-order valence-electron chi connectivity index (χ3n) is 4.53. The fourth-order valence-corrected chi connectivity index (χ4v) is 2.91. The molecule has 0 unspecified atom stereocenters. The van der Waals surface area contributed by atoms with E-state index >= 15 is 0 Å². The molecule has 6 heteroatoms. The third kappa shape index (κ3) is 4.05. The summed E-state index contributed by atoms with van der Waals surface area (Å²) in [5, 5.41) is 2.73. The highest BCUT2D eigenvalue weighted by molar-refractivity contribution is 6.22. The summed E-state index contributed by atoms with van der Waals surface area (Å²) in [7, 11) is 0. The number of carbonyl (C=O) groups excluding carboxylic acids is 3. The lowest BCUT2D eigenvalue weighted by molar-refractivity contribution is 0.0647. The van der Waals surface area contributed by atoms with Crippen molar-refractivity contribution in [2.45, 2.75) is 26.8 Å². The minimum atomic E-state index is -0.358. The minimum Gasteiger partial charge on any atom is -0.348 e. The van der Waals surface area contributed by atoms with Crippen LogP contribution in [0.5, 0.6) is 0 Å². The summed E-state index contributed by atoms with van der Waals surface area (Å²) in [5.41, 5.74) is 1.66. The van der Waals surface area contributed by atoms with Crippen molar-refractivity contribution in [2.75, 3.05) is 6.54 Å². The highest BCUT2D eigenvalue weighted by Gasteiger charge is 2.35. The molecule has 0 radical (unpaired) electrons. The Bertz CT molecular complexity index is 891. The van der Waals surface area contributed by atoms with Gasteiger partial charge in [-0.2, -0.15) is 0 Å². The number of nitrogens with zero attached hydrogens (tertiary/aromatic N) is 1. The first-order valence-electron chi connectivity index (χ1n) is 8.89. The van der Waals surface area contributed by atoms with Crippen LogP contribution in [0.25, 0.3) is 0 Å². The summed E-state index contributed by atoms with van der Waals surface area (Å²) in [6, 6.07) is 10.4. The predicted octanol–water partition coefficient (Wildman–Crippen LogP) is 3.40. The molecule has 0 saturated heterocycles. The molecule has 1 aliphatic heterocycles. The topological polar surface area (TPSA) is 66.5 Å². The number of nitrogens with one attached hydrogen (secondary N) is 1. The first kappa shape index (κ1) is 18.8. The van der Waals surface area contributed by atoms with Gasteiger partial charge in [-0.25, -0.2) is 4.39 Å². The van der Waals surface area contributed by atoms with Crippen LogP contribution in [0, 0.1) is 11.7 Å². The fourth-order valence-electron chi connectivity index (χ4n) is 2.91. The van der Waals surface area contributed by atoms with E-state index in [4.69, 9.17) is 0 Å². The summed E-state index contributed by atoms with van der Waals surface area (Å²) in [5.74, 6) is -0.989. The lowest BCUT2D eigenvalue weighted by Gasteiger charge is -2.14. The molecule has 1 aliphatic rings. The van der Waals surface area contributed by atoms with E-state index in [1.54, 1.807) is 12.1 Å². The zero-order valence-electron chi connectivity index (χ0n) is 15.3. The van der Waals surface area contributed by atoms with Crippen molar-refractivity contribution in [3.05, 3.63) is 70.5 Å². The van der Waals surface area contributed by atoms with Gasteiger partial charge in [-0.05, 0) is 48.2 Å². The molecule has 0 aromatic heterocycles. The second-order valence-corrected chi connectivity index (χ2v) is 7.01. The van der Waals surface area contributed by atoms with E-state index in [1.165, 1.54) is 35.2 Å². The average molecular weight is 368 g/mol. The Balaban J connectivity index is 1.71. The first-order valence-corrected chi connectivity index (χ1v) is 8.89. The van der Waals surface area contributed by atoms with Crippen LogP contribution in [0.15, 0.2) is 42.5 Å². The highest BCUT2D eigenvalue weighted by Crippen LogP contribution is 2.25. The molecule has 0 fully saturated rings. The average Bonchev–Trinajstić information content (AvgIpc) is 2.89. The molecule has 140 valence electrons. The number of hydrogen-bond acceptors (Lipinski definition) is 3. The molecule has 5 nitrogen and oxygen atoms in total. The number of fused-ring (bicyclic) bond motifs is 1. The van der Waals surface area contributed by atoms with Crippen molar-refractivity contribution in [1.82, 2.24) is 10.2 Å². The molecule has 0 bridgehead atoms. The second kappa shape index (κ2) is 7.70. The fraction of sp³-hybridized carbons (Fsp3) is 0.286. The van der Waals surface area contributed by atoms with Crippen LogP contribution in [0.1, 0.15) is 56.9 Å². The quantitative estimate of drug-likeness (QED) is 0.795. The smallest absolute Gasteiger partial charge is 0.261 e.